The molecule has 0 unspecified atom stereocenters. The molecule has 1 amide bonds. The van der Waals surface area contributed by atoms with Crippen LogP contribution < -0.4 is 5.73 Å². The summed E-state index contributed by atoms with van der Waals surface area (Å²) < 4.78 is 0. The number of nitrogens with two attached hydrogens (primary N) is 1. The second-order valence-electron chi connectivity index (χ2n) is 4.06. The van der Waals surface area contributed by atoms with Gasteiger partial charge in [0.15, 0.2) is 0 Å². The van der Waals surface area contributed by atoms with Crippen LogP contribution in [-0.2, 0) is 4.79 Å². The number of carbonyl (C=O) groups excluding carboxylic acids is 1. The van der Waals surface area contributed by atoms with Gasteiger partial charge >= 0.3 is 0 Å². The molecule has 2 rings (SSSR count). The van der Waals surface area contributed by atoms with Crippen LogP contribution in [0.5, 0.6) is 0 Å². The lowest BCUT2D eigenvalue weighted by Gasteiger charge is -2.09. The van der Waals surface area contributed by atoms with Crippen LogP contribution in [0.15, 0.2) is 5.10 Å². The number of nitrogens with zero attached hydrogens (tertiary/aromatic N) is 2. The lowest BCUT2D eigenvalue weighted by molar-refractivity contribution is -0.128. The van der Waals surface area contributed by atoms with E-state index in [-0.39, 0.29) is 5.91 Å². The zero-order valence-electron chi connectivity index (χ0n) is 8.41. The first kappa shape index (κ1) is 9.65. The van der Waals surface area contributed by atoms with Gasteiger partial charge in [-0.1, -0.05) is 12.8 Å². The van der Waals surface area contributed by atoms with Crippen LogP contribution in [0.25, 0.3) is 0 Å². The van der Waals surface area contributed by atoms with Crippen molar-refractivity contribution in [1.29, 1.82) is 0 Å². The molecule has 0 aromatic rings. The van der Waals surface area contributed by atoms with E-state index in [0.717, 1.165) is 5.71 Å². The molecule has 1 fully saturated rings. The molecule has 0 aromatic heterocycles. The van der Waals surface area contributed by atoms with Gasteiger partial charge in [0.2, 0.25) is 5.91 Å². The van der Waals surface area contributed by atoms with Crippen molar-refractivity contribution < 1.29 is 4.79 Å². The Morgan fingerprint density at radius 3 is 2.79 bits per heavy atom. The summed E-state index contributed by atoms with van der Waals surface area (Å²) in [5, 5.41) is 5.90. The standard InChI is InChI=1S/C10H17N3O/c11-5-6-13-10(14)7-9(12-13)8-3-1-2-4-8/h8H,1-7,11H2. The topological polar surface area (TPSA) is 58.7 Å². The molecule has 0 radical (unpaired) electrons. The fourth-order valence-electron chi connectivity index (χ4n) is 2.27. The van der Waals surface area contributed by atoms with Crippen molar-refractivity contribution in [2.45, 2.75) is 32.1 Å². The van der Waals surface area contributed by atoms with Crippen LogP contribution in [0.4, 0.5) is 0 Å². The van der Waals surface area contributed by atoms with Gasteiger partial charge in [-0.25, -0.2) is 5.01 Å². The molecule has 14 heavy (non-hydrogen) atoms. The zero-order valence-corrected chi connectivity index (χ0v) is 8.41. The molecule has 2 N–H and O–H groups in total. The third kappa shape index (κ3) is 1.80. The third-order valence-corrected chi connectivity index (χ3v) is 3.04. The summed E-state index contributed by atoms with van der Waals surface area (Å²) in [4.78, 5) is 11.5. The molecule has 1 heterocycles. The molecular formula is C10H17N3O. The summed E-state index contributed by atoms with van der Waals surface area (Å²) in [7, 11) is 0. The van der Waals surface area contributed by atoms with Crippen LogP contribution in [0.2, 0.25) is 0 Å². The Balaban J connectivity index is 1.99. The van der Waals surface area contributed by atoms with Gasteiger partial charge in [0.05, 0.1) is 18.7 Å². The van der Waals surface area contributed by atoms with Crippen molar-refractivity contribution >= 4 is 11.6 Å². The van der Waals surface area contributed by atoms with Gasteiger partial charge < -0.3 is 5.73 Å². The minimum absolute atomic E-state index is 0.123. The Kier molecular flexibility index (Phi) is 2.82. The fraction of sp³-hybridized carbons (Fsp3) is 0.800. The molecule has 1 aliphatic carbocycles. The Bertz CT molecular complexity index is 256. The summed E-state index contributed by atoms with van der Waals surface area (Å²) in [6, 6.07) is 0. The molecule has 78 valence electrons. The quantitative estimate of drug-likeness (QED) is 0.721. The molecule has 0 atom stereocenters. The van der Waals surface area contributed by atoms with Gasteiger partial charge in [-0.2, -0.15) is 5.10 Å². The van der Waals surface area contributed by atoms with Gasteiger partial charge in [0.25, 0.3) is 0 Å². The number of rotatable bonds is 3. The Morgan fingerprint density at radius 1 is 1.43 bits per heavy atom. The van der Waals surface area contributed by atoms with E-state index in [2.05, 4.69) is 5.10 Å². The molecular weight excluding hydrogens is 178 g/mol. The summed E-state index contributed by atoms with van der Waals surface area (Å²) in [5.74, 6) is 0.694. The van der Waals surface area contributed by atoms with Crippen LogP contribution in [-0.4, -0.2) is 29.7 Å². The Labute approximate surface area is 84.1 Å². The van der Waals surface area contributed by atoms with Crippen molar-refractivity contribution in [1.82, 2.24) is 5.01 Å². The normalized spacial score (nSPS) is 23.4. The smallest absolute Gasteiger partial charge is 0.248 e. The number of hydrazone groups is 1. The van der Waals surface area contributed by atoms with Gasteiger partial charge in [-0.3, -0.25) is 4.79 Å². The van der Waals surface area contributed by atoms with E-state index < -0.39 is 0 Å². The molecule has 0 bridgehead atoms. The summed E-state index contributed by atoms with van der Waals surface area (Å²) >= 11 is 0. The second kappa shape index (κ2) is 4.09. The van der Waals surface area contributed by atoms with Gasteiger partial charge in [-0.05, 0) is 18.8 Å². The third-order valence-electron chi connectivity index (χ3n) is 3.04. The van der Waals surface area contributed by atoms with E-state index in [1.54, 1.807) is 0 Å². The highest BCUT2D eigenvalue weighted by molar-refractivity contribution is 6.06. The van der Waals surface area contributed by atoms with Gasteiger partial charge in [0, 0.05) is 6.54 Å². The number of hydrogen-bond donors (Lipinski definition) is 1. The monoisotopic (exact) mass is 195 g/mol. The molecule has 4 nitrogen and oxygen atoms in total. The van der Waals surface area contributed by atoms with E-state index in [1.165, 1.54) is 30.7 Å². The predicted octanol–water partition coefficient (Wildman–Crippen LogP) is 0.724. The highest BCUT2D eigenvalue weighted by atomic mass is 16.2. The first-order chi connectivity index (χ1) is 6.81. The summed E-state index contributed by atoms with van der Waals surface area (Å²) in [6.07, 6.45) is 5.53. The van der Waals surface area contributed by atoms with Crippen molar-refractivity contribution in [2.75, 3.05) is 13.1 Å². The van der Waals surface area contributed by atoms with Crippen molar-refractivity contribution in [2.24, 2.45) is 16.8 Å². The molecule has 0 spiro atoms. The largest absolute Gasteiger partial charge is 0.329 e. The number of carbonyl (C=O) groups is 1. The molecule has 0 saturated heterocycles. The van der Waals surface area contributed by atoms with Crippen molar-refractivity contribution in [3.8, 4) is 0 Å². The first-order valence-corrected chi connectivity index (χ1v) is 5.39. The SMILES string of the molecule is NCCN1N=C(C2CCCC2)CC1=O. The van der Waals surface area contributed by atoms with Crippen LogP contribution in [0.1, 0.15) is 32.1 Å². The molecule has 1 saturated carbocycles. The fourth-order valence-corrected chi connectivity index (χ4v) is 2.27. The maximum Gasteiger partial charge on any atom is 0.248 e. The minimum atomic E-state index is 0.123. The van der Waals surface area contributed by atoms with E-state index in [4.69, 9.17) is 5.73 Å². The zero-order chi connectivity index (χ0) is 9.97. The van der Waals surface area contributed by atoms with E-state index in [1.807, 2.05) is 0 Å². The van der Waals surface area contributed by atoms with Crippen LogP contribution >= 0.6 is 0 Å². The molecule has 2 aliphatic rings. The van der Waals surface area contributed by atoms with Gasteiger partial charge in [0.1, 0.15) is 0 Å². The first-order valence-electron chi connectivity index (χ1n) is 5.39. The minimum Gasteiger partial charge on any atom is -0.329 e. The maximum atomic E-state index is 11.5. The van der Waals surface area contributed by atoms with Gasteiger partial charge in [-0.15, -0.1) is 0 Å². The number of amides is 1. The lowest BCUT2D eigenvalue weighted by atomic mass is 10.00. The van der Waals surface area contributed by atoms with E-state index in [9.17, 15) is 4.79 Å². The van der Waals surface area contributed by atoms with E-state index >= 15 is 0 Å². The average molecular weight is 195 g/mol. The van der Waals surface area contributed by atoms with Crippen LogP contribution in [0, 0.1) is 5.92 Å². The second-order valence-corrected chi connectivity index (χ2v) is 4.06. The van der Waals surface area contributed by atoms with Crippen molar-refractivity contribution in [3.05, 3.63) is 0 Å². The Morgan fingerprint density at radius 2 is 2.14 bits per heavy atom. The lowest BCUT2D eigenvalue weighted by Crippen LogP contribution is -2.26. The predicted molar refractivity (Wildman–Crippen MR) is 54.8 cm³/mol. The molecule has 4 heteroatoms. The Hall–Kier alpha value is -0.900. The molecule has 0 aromatic carbocycles. The molecule has 1 aliphatic heterocycles. The highest BCUT2D eigenvalue weighted by Gasteiger charge is 2.30. The summed E-state index contributed by atoms with van der Waals surface area (Å²) in [6.45, 7) is 1.06. The van der Waals surface area contributed by atoms with Crippen molar-refractivity contribution in [3.63, 3.8) is 0 Å². The summed E-state index contributed by atoms with van der Waals surface area (Å²) in [5.41, 5.74) is 6.50. The average Bonchev–Trinajstić information content (AvgIpc) is 2.76. The van der Waals surface area contributed by atoms with Crippen LogP contribution in [0.3, 0.4) is 0 Å². The highest BCUT2D eigenvalue weighted by Crippen LogP contribution is 2.29. The van der Waals surface area contributed by atoms with E-state index in [0.29, 0.717) is 25.4 Å². The number of hydrogen-bond acceptors (Lipinski definition) is 3. The maximum absolute atomic E-state index is 11.5.